The van der Waals surface area contributed by atoms with Crippen LogP contribution in [0.25, 0.3) is 0 Å². The van der Waals surface area contributed by atoms with E-state index in [1.165, 1.54) is 0 Å². The first-order chi connectivity index (χ1) is 8.04. The molecule has 7 N–H and O–H groups in total. The summed E-state index contributed by atoms with van der Waals surface area (Å²) in [5.41, 5.74) is 5.19. The van der Waals surface area contributed by atoms with Crippen molar-refractivity contribution < 1.29 is 20.1 Å². The Labute approximate surface area is 95.8 Å². The van der Waals surface area contributed by atoms with Gasteiger partial charge in [0.15, 0.2) is 11.7 Å². The number of nitrogens with two attached hydrogens (primary N) is 1. The molecule has 9 nitrogen and oxygen atoms in total. The number of rotatable bonds is 3. The second-order valence-electron chi connectivity index (χ2n) is 3.72. The summed E-state index contributed by atoms with van der Waals surface area (Å²) in [6.07, 6.45) is -4.22. The third-order valence-electron chi connectivity index (χ3n) is 2.56. The van der Waals surface area contributed by atoms with Crippen molar-refractivity contribution in [2.75, 3.05) is 6.61 Å². The summed E-state index contributed by atoms with van der Waals surface area (Å²) in [5.74, 6) is -0.185. The first-order valence-corrected chi connectivity index (χ1v) is 4.93. The van der Waals surface area contributed by atoms with E-state index in [0.29, 0.717) is 0 Å². The standard InChI is InChI=1S/C8H13N5O4/c9-6(10)8-11-7(12-13-8)5-4(16)3(15)2(1-14)17-5/h2-5,14-16H,1H2,(H3,9,10)(H,11,12,13)/t2-,3-,4-,5-/m1/s1. The van der Waals surface area contributed by atoms with E-state index in [2.05, 4.69) is 15.2 Å². The van der Waals surface area contributed by atoms with Gasteiger partial charge in [0.2, 0.25) is 5.82 Å². The molecule has 0 bridgehead atoms. The zero-order valence-electron chi connectivity index (χ0n) is 8.74. The van der Waals surface area contributed by atoms with Crippen molar-refractivity contribution in [2.45, 2.75) is 24.4 Å². The van der Waals surface area contributed by atoms with Gasteiger partial charge in [-0.1, -0.05) is 0 Å². The zero-order valence-corrected chi connectivity index (χ0v) is 8.74. The minimum absolute atomic E-state index is 0.0160. The van der Waals surface area contributed by atoms with Gasteiger partial charge in [0, 0.05) is 0 Å². The molecule has 17 heavy (non-hydrogen) atoms. The van der Waals surface area contributed by atoms with Gasteiger partial charge in [-0.15, -0.1) is 0 Å². The number of hydrogen-bond acceptors (Lipinski definition) is 7. The Morgan fingerprint density at radius 3 is 2.65 bits per heavy atom. The highest BCUT2D eigenvalue weighted by Crippen LogP contribution is 2.31. The van der Waals surface area contributed by atoms with Gasteiger partial charge < -0.3 is 25.8 Å². The Morgan fingerprint density at radius 2 is 2.18 bits per heavy atom. The Morgan fingerprint density at radius 1 is 1.47 bits per heavy atom. The van der Waals surface area contributed by atoms with Crippen LogP contribution in [0.5, 0.6) is 0 Å². The van der Waals surface area contributed by atoms with Gasteiger partial charge in [-0.25, -0.2) is 4.98 Å². The normalized spacial score (nSPS) is 32.9. The molecule has 0 saturated carbocycles. The Hall–Kier alpha value is -1.55. The van der Waals surface area contributed by atoms with Crippen LogP contribution in [0.4, 0.5) is 0 Å². The third kappa shape index (κ3) is 2.00. The topological polar surface area (TPSA) is 161 Å². The molecule has 94 valence electrons. The predicted octanol–water partition coefficient (Wildman–Crippen LogP) is -2.76. The summed E-state index contributed by atoms with van der Waals surface area (Å²) in [6.45, 7) is -0.414. The number of nitrogens with zero attached hydrogens (tertiary/aromatic N) is 2. The van der Waals surface area contributed by atoms with Crippen LogP contribution in [-0.2, 0) is 4.74 Å². The maximum atomic E-state index is 9.70. The van der Waals surface area contributed by atoms with Gasteiger partial charge in [0.05, 0.1) is 6.61 Å². The SMILES string of the molecule is N=C(N)c1n[nH]c([C@@H]2O[C@H](CO)[C@@H](O)[C@H]2O)n1. The molecule has 9 heteroatoms. The summed E-state index contributed by atoms with van der Waals surface area (Å²) >= 11 is 0. The highest BCUT2D eigenvalue weighted by molar-refractivity contribution is 5.90. The second kappa shape index (κ2) is 4.37. The largest absolute Gasteiger partial charge is 0.394 e. The quantitative estimate of drug-likeness (QED) is 0.247. The summed E-state index contributed by atoms with van der Waals surface area (Å²) in [4.78, 5) is 3.85. The van der Waals surface area contributed by atoms with Crippen LogP contribution >= 0.6 is 0 Å². The lowest BCUT2D eigenvalue weighted by Crippen LogP contribution is -2.32. The van der Waals surface area contributed by atoms with Crippen LogP contribution in [0.1, 0.15) is 17.8 Å². The van der Waals surface area contributed by atoms with E-state index in [0.717, 1.165) is 0 Å². The number of aliphatic hydroxyl groups excluding tert-OH is 3. The molecular formula is C8H13N5O4. The smallest absolute Gasteiger partial charge is 0.215 e. The van der Waals surface area contributed by atoms with E-state index < -0.39 is 31.0 Å². The van der Waals surface area contributed by atoms with E-state index in [1.807, 2.05) is 0 Å². The lowest BCUT2D eigenvalue weighted by Gasteiger charge is -2.10. The van der Waals surface area contributed by atoms with Gasteiger partial charge in [-0.2, -0.15) is 5.10 Å². The second-order valence-corrected chi connectivity index (χ2v) is 3.72. The highest BCUT2D eigenvalue weighted by Gasteiger charge is 2.44. The van der Waals surface area contributed by atoms with Gasteiger partial charge in [-0.3, -0.25) is 10.5 Å². The average molecular weight is 243 g/mol. The van der Waals surface area contributed by atoms with Crippen LogP contribution in [0.3, 0.4) is 0 Å². The molecule has 0 spiro atoms. The first kappa shape index (κ1) is 11.9. The number of nitrogen functional groups attached to an aromatic ring is 1. The van der Waals surface area contributed by atoms with Crippen molar-refractivity contribution in [3.63, 3.8) is 0 Å². The van der Waals surface area contributed by atoms with Crippen LogP contribution in [-0.4, -0.2) is 61.3 Å². The number of aliphatic hydroxyl groups is 3. The molecule has 2 rings (SSSR count). The molecule has 1 aliphatic heterocycles. The third-order valence-corrected chi connectivity index (χ3v) is 2.56. The van der Waals surface area contributed by atoms with Gasteiger partial charge in [0.25, 0.3) is 0 Å². The van der Waals surface area contributed by atoms with Crippen molar-refractivity contribution >= 4 is 5.84 Å². The van der Waals surface area contributed by atoms with Gasteiger partial charge in [-0.05, 0) is 0 Å². The van der Waals surface area contributed by atoms with Crippen molar-refractivity contribution in [2.24, 2.45) is 5.73 Å². The molecule has 0 aliphatic carbocycles. The molecule has 2 heterocycles. The molecule has 1 aromatic heterocycles. The molecular weight excluding hydrogens is 230 g/mol. The van der Waals surface area contributed by atoms with E-state index in [4.69, 9.17) is 21.0 Å². The minimum Gasteiger partial charge on any atom is -0.394 e. The van der Waals surface area contributed by atoms with Gasteiger partial charge >= 0.3 is 0 Å². The van der Waals surface area contributed by atoms with Crippen molar-refractivity contribution in [1.29, 1.82) is 5.41 Å². The molecule has 1 aliphatic rings. The van der Waals surface area contributed by atoms with Crippen LogP contribution in [0.15, 0.2) is 0 Å². The molecule has 0 unspecified atom stereocenters. The number of H-pyrrole nitrogens is 1. The number of ether oxygens (including phenoxy) is 1. The zero-order chi connectivity index (χ0) is 12.6. The summed E-state index contributed by atoms with van der Waals surface area (Å²) < 4.78 is 5.22. The summed E-state index contributed by atoms with van der Waals surface area (Å²) in [5, 5.41) is 41.4. The van der Waals surface area contributed by atoms with E-state index in [-0.39, 0.29) is 17.5 Å². The molecule has 0 amide bonds. The van der Waals surface area contributed by atoms with Crippen LogP contribution in [0, 0.1) is 5.41 Å². The van der Waals surface area contributed by atoms with Crippen LogP contribution < -0.4 is 5.73 Å². The van der Waals surface area contributed by atoms with Gasteiger partial charge in [0.1, 0.15) is 24.4 Å². The predicted molar refractivity (Wildman–Crippen MR) is 54.1 cm³/mol. The number of amidine groups is 1. The maximum Gasteiger partial charge on any atom is 0.215 e. The Balaban J connectivity index is 2.19. The molecule has 0 radical (unpaired) electrons. The summed E-state index contributed by atoms with van der Waals surface area (Å²) in [7, 11) is 0. The number of nitrogens with one attached hydrogen (secondary N) is 2. The van der Waals surface area contributed by atoms with Crippen LogP contribution in [0.2, 0.25) is 0 Å². The number of hydrogen-bond donors (Lipinski definition) is 6. The number of aromatic amines is 1. The maximum absolute atomic E-state index is 9.70. The fourth-order valence-electron chi connectivity index (χ4n) is 1.65. The molecule has 1 fully saturated rings. The lowest BCUT2D eigenvalue weighted by molar-refractivity contribution is -0.0251. The molecule has 1 aromatic rings. The Bertz CT molecular complexity index is 422. The van der Waals surface area contributed by atoms with Crippen molar-refractivity contribution in [3.8, 4) is 0 Å². The molecule has 0 aromatic carbocycles. The number of aromatic nitrogens is 3. The fraction of sp³-hybridized carbons (Fsp3) is 0.625. The average Bonchev–Trinajstić information content (AvgIpc) is 2.87. The highest BCUT2D eigenvalue weighted by atomic mass is 16.6. The summed E-state index contributed by atoms with van der Waals surface area (Å²) in [6, 6.07) is 0. The van der Waals surface area contributed by atoms with Crippen molar-refractivity contribution in [3.05, 3.63) is 11.6 Å². The van der Waals surface area contributed by atoms with E-state index in [9.17, 15) is 10.2 Å². The van der Waals surface area contributed by atoms with Crippen molar-refractivity contribution in [1.82, 2.24) is 15.2 Å². The molecule has 1 saturated heterocycles. The Kier molecular flexibility index (Phi) is 3.07. The minimum atomic E-state index is -1.22. The molecule has 4 atom stereocenters. The fourth-order valence-corrected chi connectivity index (χ4v) is 1.65. The monoisotopic (exact) mass is 243 g/mol. The lowest BCUT2D eigenvalue weighted by atomic mass is 10.1. The van der Waals surface area contributed by atoms with E-state index >= 15 is 0 Å². The van der Waals surface area contributed by atoms with E-state index in [1.54, 1.807) is 0 Å². The first-order valence-electron chi connectivity index (χ1n) is 4.93.